The standard InChI is InChI=1S/C12H19N3O/c1-3-8-15(9-4-2)12-10(11(13)16)6-5-7-14-12/h5-7H,3-4,8-9H2,1-2H3,(H2,13,16). The normalized spacial score (nSPS) is 10.1. The van der Waals surface area contributed by atoms with Gasteiger partial charge in [-0.15, -0.1) is 0 Å². The van der Waals surface area contributed by atoms with Crippen LogP contribution in [0.2, 0.25) is 0 Å². The van der Waals surface area contributed by atoms with Gasteiger partial charge in [0.1, 0.15) is 5.82 Å². The van der Waals surface area contributed by atoms with Gasteiger partial charge in [0.25, 0.3) is 5.91 Å². The number of nitrogens with two attached hydrogens (primary N) is 1. The van der Waals surface area contributed by atoms with Crippen molar-refractivity contribution in [3.8, 4) is 0 Å². The van der Waals surface area contributed by atoms with Crippen LogP contribution in [0.1, 0.15) is 37.0 Å². The van der Waals surface area contributed by atoms with Gasteiger partial charge in [0.15, 0.2) is 0 Å². The number of pyridine rings is 1. The summed E-state index contributed by atoms with van der Waals surface area (Å²) in [6.07, 6.45) is 3.74. The minimum Gasteiger partial charge on any atom is -0.365 e. The van der Waals surface area contributed by atoms with E-state index >= 15 is 0 Å². The highest BCUT2D eigenvalue weighted by Gasteiger charge is 2.14. The third-order valence-electron chi connectivity index (χ3n) is 2.34. The number of anilines is 1. The summed E-state index contributed by atoms with van der Waals surface area (Å²) in [5, 5.41) is 0. The van der Waals surface area contributed by atoms with E-state index in [1.807, 2.05) is 0 Å². The largest absolute Gasteiger partial charge is 0.365 e. The molecule has 0 aliphatic heterocycles. The summed E-state index contributed by atoms with van der Waals surface area (Å²) in [5.74, 6) is 0.291. The summed E-state index contributed by atoms with van der Waals surface area (Å²) < 4.78 is 0. The molecule has 0 fully saturated rings. The van der Waals surface area contributed by atoms with Crippen molar-refractivity contribution in [1.82, 2.24) is 4.98 Å². The van der Waals surface area contributed by atoms with E-state index in [-0.39, 0.29) is 0 Å². The van der Waals surface area contributed by atoms with Gasteiger partial charge in [0.2, 0.25) is 0 Å². The summed E-state index contributed by atoms with van der Waals surface area (Å²) in [6, 6.07) is 3.46. The van der Waals surface area contributed by atoms with Crippen molar-refractivity contribution in [1.29, 1.82) is 0 Å². The van der Waals surface area contributed by atoms with E-state index in [2.05, 4.69) is 23.7 Å². The zero-order valence-electron chi connectivity index (χ0n) is 9.94. The van der Waals surface area contributed by atoms with Crippen LogP contribution in [0.5, 0.6) is 0 Å². The topological polar surface area (TPSA) is 59.2 Å². The van der Waals surface area contributed by atoms with Crippen molar-refractivity contribution < 1.29 is 4.79 Å². The first kappa shape index (κ1) is 12.5. The van der Waals surface area contributed by atoms with Gasteiger partial charge in [-0.1, -0.05) is 13.8 Å². The number of carbonyl (C=O) groups excluding carboxylic acids is 1. The molecule has 1 aromatic heterocycles. The Balaban J connectivity index is 3.02. The van der Waals surface area contributed by atoms with E-state index in [1.54, 1.807) is 18.3 Å². The zero-order valence-corrected chi connectivity index (χ0v) is 9.94. The molecule has 16 heavy (non-hydrogen) atoms. The Bertz CT molecular complexity index is 346. The summed E-state index contributed by atoms with van der Waals surface area (Å²) in [4.78, 5) is 17.7. The molecule has 1 rings (SSSR count). The van der Waals surface area contributed by atoms with Gasteiger partial charge in [-0.2, -0.15) is 0 Å². The molecule has 0 saturated heterocycles. The smallest absolute Gasteiger partial charge is 0.252 e. The Hall–Kier alpha value is -1.58. The van der Waals surface area contributed by atoms with Crippen molar-refractivity contribution >= 4 is 11.7 Å². The molecular formula is C12H19N3O. The van der Waals surface area contributed by atoms with Crippen molar-refractivity contribution in [3.05, 3.63) is 23.9 Å². The average molecular weight is 221 g/mol. The summed E-state index contributed by atoms with van der Waals surface area (Å²) >= 11 is 0. The number of amides is 1. The lowest BCUT2D eigenvalue weighted by atomic mass is 10.2. The van der Waals surface area contributed by atoms with E-state index in [4.69, 9.17) is 5.73 Å². The second-order valence-electron chi connectivity index (χ2n) is 3.73. The Morgan fingerprint density at radius 3 is 2.50 bits per heavy atom. The van der Waals surface area contributed by atoms with Crippen LogP contribution in [-0.4, -0.2) is 24.0 Å². The van der Waals surface area contributed by atoms with Crippen LogP contribution >= 0.6 is 0 Å². The van der Waals surface area contributed by atoms with Crippen LogP contribution in [-0.2, 0) is 0 Å². The molecule has 0 bridgehead atoms. The molecule has 0 atom stereocenters. The molecule has 4 heteroatoms. The molecule has 0 spiro atoms. The number of primary amides is 1. The highest BCUT2D eigenvalue weighted by Crippen LogP contribution is 2.17. The first-order chi connectivity index (χ1) is 7.70. The Labute approximate surface area is 96.5 Å². The Morgan fingerprint density at radius 1 is 1.38 bits per heavy atom. The van der Waals surface area contributed by atoms with Crippen LogP contribution in [0.15, 0.2) is 18.3 Å². The van der Waals surface area contributed by atoms with Crippen molar-refractivity contribution in [2.24, 2.45) is 5.73 Å². The Kier molecular flexibility index (Phi) is 4.76. The van der Waals surface area contributed by atoms with Crippen molar-refractivity contribution in [3.63, 3.8) is 0 Å². The second kappa shape index (κ2) is 6.10. The predicted molar refractivity (Wildman–Crippen MR) is 65.5 cm³/mol. The average Bonchev–Trinajstić information content (AvgIpc) is 2.29. The van der Waals surface area contributed by atoms with Gasteiger partial charge in [0.05, 0.1) is 5.56 Å². The predicted octanol–water partition coefficient (Wildman–Crippen LogP) is 1.81. The van der Waals surface area contributed by atoms with E-state index in [0.29, 0.717) is 11.4 Å². The van der Waals surface area contributed by atoms with Crippen LogP contribution in [0.4, 0.5) is 5.82 Å². The molecule has 0 aliphatic rings. The Morgan fingerprint density at radius 2 is 2.00 bits per heavy atom. The first-order valence-corrected chi connectivity index (χ1v) is 5.70. The highest BCUT2D eigenvalue weighted by molar-refractivity contribution is 5.97. The third kappa shape index (κ3) is 2.95. The van der Waals surface area contributed by atoms with Gasteiger partial charge in [-0.25, -0.2) is 4.98 Å². The van der Waals surface area contributed by atoms with Gasteiger partial charge in [-0.3, -0.25) is 4.79 Å². The minimum atomic E-state index is -0.416. The molecule has 1 amide bonds. The number of hydrogen-bond acceptors (Lipinski definition) is 3. The van der Waals surface area contributed by atoms with Crippen LogP contribution in [0, 0.1) is 0 Å². The molecule has 1 aromatic rings. The monoisotopic (exact) mass is 221 g/mol. The van der Waals surface area contributed by atoms with Crippen molar-refractivity contribution in [2.75, 3.05) is 18.0 Å². The fraction of sp³-hybridized carbons (Fsp3) is 0.500. The van der Waals surface area contributed by atoms with Crippen LogP contribution < -0.4 is 10.6 Å². The van der Waals surface area contributed by atoms with E-state index < -0.39 is 5.91 Å². The maximum absolute atomic E-state index is 11.3. The summed E-state index contributed by atoms with van der Waals surface area (Å²) in [7, 11) is 0. The van der Waals surface area contributed by atoms with Gasteiger partial charge >= 0.3 is 0 Å². The molecule has 2 N–H and O–H groups in total. The van der Waals surface area contributed by atoms with Crippen LogP contribution in [0.3, 0.4) is 0 Å². The molecule has 0 aliphatic carbocycles. The number of rotatable bonds is 6. The van der Waals surface area contributed by atoms with E-state index in [1.165, 1.54) is 0 Å². The molecular weight excluding hydrogens is 202 g/mol. The lowest BCUT2D eigenvalue weighted by molar-refractivity contribution is 0.100. The molecule has 0 aromatic carbocycles. The second-order valence-corrected chi connectivity index (χ2v) is 3.73. The molecule has 0 radical (unpaired) electrons. The lowest BCUT2D eigenvalue weighted by Crippen LogP contribution is -2.29. The van der Waals surface area contributed by atoms with Gasteiger partial charge in [0, 0.05) is 19.3 Å². The molecule has 1 heterocycles. The molecule has 4 nitrogen and oxygen atoms in total. The van der Waals surface area contributed by atoms with Gasteiger partial charge in [-0.05, 0) is 25.0 Å². The number of hydrogen-bond donors (Lipinski definition) is 1. The summed E-state index contributed by atoms with van der Waals surface area (Å²) in [5.41, 5.74) is 5.84. The highest BCUT2D eigenvalue weighted by atomic mass is 16.1. The lowest BCUT2D eigenvalue weighted by Gasteiger charge is -2.23. The molecule has 0 saturated carbocycles. The quantitative estimate of drug-likeness (QED) is 0.797. The van der Waals surface area contributed by atoms with E-state index in [9.17, 15) is 4.79 Å². The zero-order chi connectivity index (χ0) is 12.0. The third-order valence-corrected chi connectivity index (χ3v) is 2.34. The molecule has 0 unspecified atom stereocenters. The first-order valence-electron chi connectivity index (χ1n) is 5.70. The van der Waals surface area contributed by atoms with Crippen LogP contribution in [0.25, 0.3) is 0 Å². The maximum atomic E-state index is 11.3. The summed E-state index contributed by atoms with van der Waals surface area (Å²) in [6.45, 7) is 6.00. The number of aromatic nitrogens is 1. The maximum Gasteiger partial charge on any atom is 0.252 e. The van der Waals surface area contributed by atoms with Gasteiger partial charge < -0.3 is 10.6 Å². The molecule has 88 valence electrons. The van der Waals surface area contributed by atoms with Crippen molar-refractivity contribution in [2.45, 2.75) is 26.7 Å². The van der Waals surface area contributed by atoms with E-state index in [0.717, 1.165) is 25.9 Å². The fourth-order valence-corrected chi connectivity index (χ4v) is 1.70. The number of carbonyl (C=O) groups is 1. The fourth-order valence-electron chi connectivity index (χ4n) is 1.70. The number of nitrogens with zero attached hydrogens (tertiary/aromatic N) is 2. The minimum absolute atomic E-state index is 0.416. The SMILES string of the molecule is CCCN(CCC)c1ncccc1C(N)=O.